The fourth-order valence-corrected chi connectivity index (χ4v) is 2.89. The van der Waals surface area contributed by atoms with Crippen molar-refractivity contribution in [2.75, 3.05) is 0 Å². The maximum atomic E-state index is 12.0. The second-order valence-electron chi connectivity index (χ2n) is 5.51. The molecule has 1 atom stereocenters. The normalized spacial score (nSPS) is 17.6. The molecule has 1 aliphatic carbocycles. The molecule has 5 heteroatoms. The van der Waals surface area contributed by atoms with Crippen molar-refractivity contribution in [3.63, 3.8) is 0 Å². The second kappa shape index (κ2) is 7.43. The van der Waals surface area contributed by atoms with Crippen LogP contribution in [0.2, 0.25) is 0 Å². The lowest BCUT2D eigenvalue weighted by atomic mass is 9.71. The van der Waals surface area contributed by atoms with Crippen molar-refractivity contribution >= 4 is 34.2 Å². The van der Waals surface area contributed by atoms with E-state index in [-0.39, 0.29) is 29.9 Å². The molecule has 0 saturated heterocycles. The number of hydrogen-bond acceptors (Lipinski definition) is 2. The highest BCUT2D eigenvalue weighted by atomic mass is 79.9. The first-order chi connectivity index (χ1) is 9.02. The minimum atomic E-state index is -0.154. The Labute approximate surface area is 135 Å². The molecule has 1 fully saturated rings. The average Bonchev–Trinajstić information content (AvgIpc) is 2.31. The molecule has 0 aromatic heterocycles. The molecule has 0 bridgehead atoms. The van der Waals surface area contributed by atoms with E-state index in [0.717, 1.165) is 23.7 Å². The molecule has 0 aliphatic heterocycles. The summed E-state index contributed by atoms with van der Waals surface area (Å²) in [4.78, 5) is 12.0. The number of hydrogen-bond donors (Lipinski definition) is 2. The number of carbonyl (C=O) groups excluding carboxylic acids is 1. The van der Waals surface area contributed by atoms with Crippen LogP contribution in [0.1, 0.15) is 44.6 Å². The van der Waals surface area contributed by atoms with Crippen LogP contribution in [0.4, 0.5) is 0 Å². The summed E-state index contributed by atoms with van der Waals surface area (Å²) in [5.74, 6) is 0.108. The van der Waals surface area contributed by atoms with E-state index in [9.17, 15) is 4.79 Å². The summed E-state index contributed by atoms with van der Waals surface area (Å²) in [7, 11) is 0. The molecular formula is C15H22BrClN2O. The zero-order valence-corrected chi connectivity index (χ0v) is 14.1. The van der Waals surface area contributed by atoms with Crippen LogP contribution in [-0.2, 0) is 10.3 Å². The number of benzene rings is 1. The van der Waals surface area contributed by atoms with Crippen LogP contribution in [0.3, 0.4) is 0 Å². The van der Waals surface area contributed by atoms with Gasteiger partial charge in [-0.05, 0) is 50.3 Å². The van der Waals surface area contributed by atoms with Gasteiger partial charge >= 0.3 is 0 Å². The minimum Gasteiger partial charge on any atom is -0.347 e. The number of carbonyl (C=O) groups is 1. The highest BCUT2D eigenvalue weighted by Gasteiger charge is 2.39. The van der Waals surface area contributed by atoms with E-state index < -0.39 is 0 Å². The summed E-state index contributed by atoms with van der Waals surface area (Å²) < 4.78 is 1.06. The van der Waals surface area contributed by atoms with Gasteiger partial charge in [-0.1, -0.05) is 28.1 Å². The van der Waals surface area contributed by atoms with Gasteiger partial charge in [0.1, 0.15) is 0 Å². The van der Waals surface area contributed by atoms with E-state index in [1.54, 1.807) is 0 Å². The van der Waals surface area contributed by atoms with Crippen LogP contribution in [0.15, 0.2) is 28.7 Å². The number of amides is 1. The summed E-state index contributed by atoms with van der Waals surface area (Å²) in [5.41, 5.74) is 6.74. The van der Waals surface area contributed by atoms with Gasteiger partial charge in [0.25, 0.3) is 0 Å². The lowest BCUT2D eigenvalue weighted by Crippen LogP contribution is -2.50. The molecule has 1 saturated carbocycles. The Morgan fingerprint density at radius 2 is 2.20 bits per heavy atom. The van der Waals surface area contributed by atoms with E-state index in [1.807, 2.05) is 19.1 Å². The van der Waals surface area contributed by atoms with Gasteiger partial charge in [-0.25, -0.2) is 0 Å². The van der Waals surface area contributed by atoms with E-state index in [4.69, 9.17) is 5.73 Å². The van der Waals surface area contributed by atoms with Crippen LogP contribution in [-0.4, -0.2) is 11.9 Å². The van der Waals surface area contributed by atoms with Crippen molar-refractivity contribution in [1.82, 2.24) is 5.32 Å². The zero-order valence-electron chi connectivity index (χ0n) is 11.7. The summed E-state index contributed by atoms with van der Waals surface area (Å²) >= 11 is 3.49. The molecule has 0 spiro atoms. The quantitative estimate of drug-likeness (QED) is 0.843. The van der Waals surface area contributed by atoms with Gasteiger partial charge in [-0.3, -0.25) is 4.79 Å². The Kier molecular flexibility index (Phi) is 6.49. The highest BCUT2D eigenvalue weighted by molar-refractivity contribution is 9.10. The fraction of sp³-hybridized carbons (Fsp3) is 0.533. The van der Waals surface area contributed by atoms with Gasteiger partial charge in [0.05, 0.1) is 5.54 Å². The van der Waals surface area contributed by atoms with Crippen molar-refractivity contribution in [1.29, 1.82) is 0 Å². The molecule has 3 nitrogen and oxygen atoms in total. The van der Waals surface area contributed by atoms with Gasteiger partial charge < -0.3 is 11.1 Å². The van der Waals surface area contributed by atoms with Crippen LogP contribution in [0.5, 0.6) is 0 Å². The lowest BCUT2D eigenvalue weighted by Gasteiger charge is -2.43. The Balaban J connectivity index is 0.00000200. The van der Waals surface area contributed by atoms with Crippen LogP contribution in [0, 0.1) is 0 Å². The van der Waals surface area contributed by atoms with Crippen LogP contribution in [0.25, 0.3) is 0 Å². The molecule has 1 amide bonds. The summed E-state index contributed by atoms with van der Waals surface area (Å²) in [5, 5.41) is 3.21. The third-order valence-corrected chi connectivity index (χ3v) is 4.28. The molecule has 2 rings (SSSR count). The Morgan fingerprint density at radius 1 is 1.50 bits per heavy atom. The summed E-state index contributed by atoms with van der Waals surface area (Å²) in [6, 6.07) is 8.30. The van der Waals surface area contributed by atoms with Crippen LogP contribution < -0.4 is 11.1 Å². The van der Waals surface area contributed by atoms with Crippen molar-refractivity contribution in [3.05, 3.63) is 34.3 Å². The number of nitrogens with one attached hydrogen (secondary N) is 1. The molecule has 0 heterocycles. The molecule has 0 radical (unpaired) electrons. The lowest BCUT2D eigenvalue weighted by molar-refractivity contribution is -0.124. The average molecular weight is 362 g/mol. The molecule has 1 aromatic carbocycles. The van der Waals surface area contributed by atoms with Crippen molar-refractivity contribution in [2.45, 2.75) is 50.6 Å². The van der Waals surface area contributed by atoms with Crippen molar-refractivity contribution < 1.29 is 4.79 Å². The monoisotopic (exact) mass is 360 g/mol. The van der Waals surface area contributed by atoms with Crippen LogP contribution >= 0.6 is 28.3 Å². The maximum Gasteiger partial charge on any atom is 0.220 e. The standard InChI is InChI=1S/C15H21BrN2O.ClH/c1-11(17)6-7-14(19)18-15(8-3-9-15)12-4-2-5-13(16)10-12;/h2,4-5,10-11H,3,6-9,17H2,1H3,(H,18,19);1H. The molecule has 112 valence electrons. The van der Waals surface area contributed by atoms with Gasteiger partial charge in [0.15, 0.2) is 0 Å². The van der Waals surface area contributed by atoms with Gasteiger partial charge in [0.2, 0.25) is 5.91 Å². The third-order valence-electron chi connectivity index (χ3n) is 3.79. The Bertz CT molecular complexity index is 461. The predicted molar refractivity (Wildman–Crippen MR) is 87.9 cm³/mol. The minimum absolute atomic E-state index is 0. The molecule has 1 aliphatic rings. The van der Waals surface area contributed by atoms with Gasteiger partial charge in [-0.15, -0.1) is 12.4 Å². The Morgan fingerprint density at radius 3 is 2.70 bits per heavy atom. The topological polar surface area (TPSA) is 55.1 Å². The predicted octanol–water partition coefficient (Wildman–Crippen LogP) is 3.49. The molecule has 1 unspecified atom stereocenters. The Hall–Kier alpha value is -0.580. The largest absolute Gasteiger partial charge is 0.347 e. The molecule has 3 N–H and O–H groups in total. The first-order valence-corrected chi connectivity index (χ1v) is 7.64. The smallest absolute Gasteiger partial charge is 0.220 e. The first kappa shape index (κ1) is 17.5. The van der Waals surface area contributed by atoms with E-state index in [1.165, 1.54) is 12.0 Å². The molecule has 1 aromatic rings. The number of nitrogens with two attached hydrogens (primary N) is 1. The molecular weight excluding hydrogens is 340 g/mol. The maximum absolute atomic E-state index is 12.0. The number of halogens is 2. The second-order valence-corrected chi connectivity index (χ2v) is 6.43. The highest BCUT2D eigenvalue weighted by Crippen LogP contribution is 2.41. The summed E-state index contributed by atoms with van der Waals surface area (Å²) in [6.45, 7) is 1.93. The van der Waals surface area contributed by atoms with Crippen molar-refractivity contribution in [3.8, 4) is 0 Å². The fourth-order valence-electron chi connectivity index (χ4n) is 2.49. The third kappa shape index (κ3) is 4.21. The van der Waals surface area contributed by atoms with Crippen molar-refractivity contribution in [2.24, 2.45) is 5.73 Å². The summed E-state index contributed by atoms with van der Waals surface area (Å²) in [6.07, 6.45) is 4.45. The number of rotatable bonds is 5. The SMILES string of the molecule is CC(N)CCC(=O)NC1(c2cccc(Br)c2)CCC1.Cl. The van der Waals surface area contributed by atoms with E-state index in [0.29, 0.717) is 6.42 Å². The first-order valence-electron chi connectivity index (χ1n) is 6.84. The van der Waals surface area contributed by atoms with E-state index >= 15 is 0 Å². The zero-order chi connectivity index (χ0) is 13.9. The molecule has 20 heavy (non-hydrogen) atoms. The van der Waals surface area contributed by atoms with Gasteiger partial charge in [-0.2, -0.15) is 0 Å². The van der Waals surface area contributed by atoms with E-state index in [2.05, 4.69) is 33.4 Å². The van der Waals surface area contributed by atoms with Gasteiger partial charge in [0, 0.05) is 16.9 Å².